The van der Waals surface area contributed by atoms with Gasteiger partial charge in [0.1, 0.15) is 17.3 Å². The van der Waals surface area contributed by atoms with E-state index in [4.69, 9.17) is 9.47 Å². The Labute approximate surface area is 212 Å². The molecule has 0 saturated carbocycles. The van der Waals surface area contributed by atoms with E-state index in [0.29, 0.717) is 22.8 Å². The van der Waals surface area contributed by atoms with Crippen LogP contribution in [-0.2, 0) is 29.8 Å². The maximum Gasteiger partial charge on any atom is 0.240 e. The summed E-state index contributed by atoms with van der Waals surface area (Å²) in [7, 11) is -2.47. The van der Waals surface area contributed by atoms with Crippen molar-refractivity contribution in [2.24, 2.45) is 0 Å². The Morgan fingerprint density at radius 3 is 2.19 bits per heavy atom. The van der Waals surface area contributed by atoms with Crippen molar-refractivity contribution in [3.05, 3.63) is 96.5 Å². The average Bonchev–Trinajstić information content (AvgIpc) is 2.84. The third-order valence-corrected chi connectivity index (χ3v) is 7.23. The second kappa shape index (κ2) is 12.3. The molecule has 36 heavy (non-hydrogen) atoms. The number of hydrogen-bond donors (Lipinski definition) is 2. The van der Waals surface area contributed by atoms with Gasteiger partial charge in [0.2, 0.25) is 21.8 Å². The summed E-state index contributed by atoms with van der Waals surface area (Å²) < 4.78 is 39.6. The zero-order chi connectivity index (χ0) is 26.9. The van der Waals surface area contributed by atoms with E-state index in [-0.39, 0.29) is 4.90 Å². The van der Waals surface area contributed by atoms with Crippen LogP contribution in [0.15, 0.2) is 95.8 Å². The minimum absolute atomic E-state index is 0.0131. The number of allylic oxidation sites excluding steroid dienone is 3. The summed E-state index contributed by atoms with van der Waals surface area (Å²) in [5.41, 5.74) is -0.801. The van der Waals surface area contributed by atoms with Crippen molar-refractivity contribution >= 4 is 21.8 Å². The van der Waals surface area contributed by atoms with Gasteiger partial charge in [-0.05, 0) is 68.8 Å². The molecule has 0 bridgehead atoms. The first kappa shape index (κ1) is 28.5. The number of methoxy groups -OCH3 is 1. The minimum atomic E-state index is -4.02. The number of amides is 2. The van der Waals surface area contributed by atoms with Gasteiger partial charge in [-0.25, -0.2) is 13.1 Å². The number of hydrogen-bond acceptors (Lipinski definition) is 6. The van der Waals surface area contributed by atoms with Crippen LogP contribution in [-0.4, -0.2) is 33.4 Å². The quantitative estimate of drug-likeness (QED) is 0.348. The fraction of sp³-hybridized carbons (Fsp3) is 0.259. The van der Waals surface area contributed by atoms with Crippen molar-refractivity contribution in [2.75, 3.05) is 7.11 Å². The van der Waals surface area contributed by atoms with Crippen molar-refractivity contribution < 1.29 is 27.5 Å². The predicted octanol–water partition coefficient (Wildman–Crippen LogP) is 3.97. The normalized spacial score (nSPS) is 14.5. The predicted molar refractivity (Wildman–Crippen MR) is 139 cm³/mol. The van der Waals surface area contributed by atoms with Crippen LogP contribution in [0.4, 0.5) is 0 Å². The third-order valence-electron chi connectivity index (χ3n) is 5.67. The molecule has 0 fully saturated rings. The summed E-state index contributed by atoms with van der Waals surface area (Å²) in [6.45, 7) is 10.0. The lowest BCUT2D eigenvalue weighted by Gasteiger charge is -2.34. The topological polar surface area (TPSA) is 111 Å². The lowest BCUT2D eigenvalue weighted by molar-refractivity contribution is -0.133. The van der Waals surface area contributed by atoms with Crippen molar-refractivity contribution in [3.63, 3.8) is 0 Å². The van der Waals surface area contributed by atoms with Crippen molar-refractivity contribution in [1.82, 2.24) is 10.0 Å². The van der Waals surface area contributed by atoms with Gasteiger partial charge in [-0.2, -0.15) is 0 Å². The number of carbonyl (C=O) groups is 2. The van der Waals surface area contributed by atoms with Crippen LogP contribution in [0.1, 0.15) is 33.3 Å². The Balaban J connectivity index is 2.23. The van der Waals surface area contributed by atoms with E-state index in [9.17, 15) is 18.0 Å². The number of carbonyl (C=O) groups excluding carboxylic acids is 2. The van der Waals surface area contributed by atoms with Gasteiger partial charge in [0, 0.05) is 13.0 Å². The molecule has 2 N–H and O–H groups in total. The molecule has 0 heterocycles. The Hall–Kier alpha value is -3.69. The lowest BCUT2D eigenvalue weighted by atomic mass is 9.76. The average molecular weight is 513 g/mol. The molecule has 0 spiro atoms. The first-order chi connectivity index (χ1) is 16.9. The van der Waals surface area contributed by atoms with E-state index in [2.05, 4.69) is 16.6 Å². The van der Waals surface area contributed by atoms with E-state index in [1.54, 1.807) is 69.5 Å². The van der Waals surface area contributed by atoms with E-state index >= 15 is 0 Å². The monoisotopic (exact) mass is 512 g/mol. The number of rotatable bonds is 11. The van der Waals surface area contributed by atoms with Gasteiger partial charge in [-0.3, -0.25) is 14.9 Å². The number of benzene rings is 2. The van der Waals surface area contributed by atoms with Gasteiger partial charge in [0.05, 0.1) is 17.4 Å². The van der Waals surface area contributed by atoms with Crippen LogP contribution in [0.3, 0.4) is 0 Å². The number of sulfonamides is 1. The summed E-state index contributed by atoms with van der Waals surface area (Å²) in [6, 6.07) is 13.6. The van der Waals surface area contributed by atoms with E-state index in [0.717, 1.165) is 0 Å². The summed E-state index contributed by atoms with van der Waals surface area (Å²) >= 11 is 0. The second-order valence-electron chi connectivity index (χ2n) is 8.19. The highest BCUT2D eigenvalue weighted by atomic mass is 32.2. The smallest absolute Gasteiger partial charge is 0.240 e. The highest BCUT2D eigenvalue weighted by Crippen LogP contribution is 2.29. The molecule has 0 radical (unpaired) electrons. The van der Waals surface area contributed by atoms with Crippen LogP contribution < -0.4 is 14.8 Å². The Morgan fingerprint density at radius 2 is 1.67 bits per heavy atom. The fourth-order valence-electron chi connectivity index (χ4n) is 3.40. The van der Waals surface area contributed by atoms with Gasteiger partial charge in [-0.1, -0.05) is 36.9 Å². The van der Waals surface area contributed by atoms with Crippen LogP contribution in [0.5, 0.6) is 5.75 Å². The van der Waals surface area contributed by atoms with E-state index in [1.165, 1.54) is 31.2 Å². The van der Waals surface area contributed by atoms with Crippen LogP contribution >= 0.6 is 0 Å². The maximum atomic E-state index is 13.1. The summed E-state index contributed by atoms with van der Waals surface area (Å²) in [5, 5.41) is 2.28. The van der Waals surface area contributed by atoms with Crippen LogP contribution in [0.2, 0.25) is 0 Å². The largest absolute Gasteiger partial charge is 0.497 e. The fourth-order valence-corrected chi connectivity index (χ4v) is 4.73. The van der Waals surface area contributed by atoms with Gasteiger partial charge in [0.25, 0.3) is 0 Å². The summed E-state index contributed by atoms with van der Waals surface area (Å²) in [6.07, 6.45) is 5.10. The standard InChI is InChI=1S/C27H32N2O6S/c1-7-23(34-6)14-13-19(2)35-24-15-17-25(18-16-24)36(32,33)29-20(3)27(5,26(31)28-21(4)30)22-11-9-8-10-12-22/h7-18,20,29H,2H2,1,3-6H3,(H,28,30,31)/b14-13-,23-7+/t20-,27-/m1/s1. The number of imide groups is 1. The molecule has 2 amide bonds. The Morgan fingerprint density at radius 1 is 1.06 bits per heavy atom. The van der Waals surface area contributed by atoms with Crippen molar-refractivity contribution in [3.8, 4) is 5.75 Å². The number of nitrogens with one attached hydrogen (secondary N) is 2. The van der Waals surface area contributed by atoms with Gasteiger partial charge >= 0.3 is 0 Å². The van der Waals surface area contributed by atoms with Crippen LogP contribution in [0, 0.1) is 0 Å². The first-order valence-electron chi connectivity index (χ1n) is 11.2. The third kappa shape index (κ3) is 7.16. The molecule has 2 aromatic carbocycles. The first-order valence-corrected chi connectivity index (χ1v) is 12.7. The SMILES string of the molecule is C=C(/C=C\C(=C/C)OC)Oc1ccc(S(=O)(=O)N[C@H](C)[C@@](C)(C(=O)NC(C)=O)c2ccccc2)cc1. The Bertz CT molecular complexity index is 1250. The van der Waals surface area contributed by atoms with Gasteiger partial charge < -0.3 is 9.47 Å². The molecule has 0 saturated heterocycles. The van der Waals surface area contributed by atoms with Crippen LogP contribution in [0.25, 0.3) is 0 Å². The molecular formula is C27H32N2O6S. The molecule has 0 aliphatic rings. The molecular weight excluding hydrogens is 480 g/mol. The molecule has 0 aliphatic carbocycles. The molecule has 192 valence electrons. The Kier molecular flexibility index (Phi) is 9.77. The number of ether oxygens (including phenoxy) is 2. The van der Waals surface area contributed by atoms with Gasteiger partial charge in [-0.15, -0.1) is 0 Å². The lowest BCUT2D eigenvalue weighted by Crippen LogP contribution is -2.56. The molecule has 8 nitrogen and oxygen atoms in total. The highest BCUT2D eigenvalue weighted by molar-refractivity contribution is 7.89. The van der Waals surface area contributed by atoms with E-state index < -0.39 is 33.3 Å². The second-order valence-corrected chi connectivity index (χ2v) is 9.90. The van der Waals surface area contributed by atoms with Gasteiger partial charge in [0.15, 0.2) is 0 Å². The van der Waals surface area contributed by atoms with E-state index in [1.807, 2.05) is 6.92 Å². The zero-order valence-corrected chi connectivity index (χ0v) is 21.9. The van der Waals surface area contributed by atoms with Crippen molar-refractivity contribution in [1.29, 1.82) is 0 Å². The molecule has 0 unspecified atom stereocenters. The maximum absolute atomic E-state index is 13.1. The molecule has 9 heteroatoms. The highest BCUT2D eigenvalue weighted by Gasteiger charge is 2.43. The molecule has 2 atom stereocenters. The molecule has 0 aromatic heterocycles. The zero-order valence-electron chi connectivity index (χ0n) is 21.1. The molecule has 2 aromatic rings. The minimum Gasteiger partial charge on any atom is -0.497 e. The van der Waals surface area contributed by atoms with Crippen molar-refractivity contribution in [2.45, 2.75) is 44.0 Å². The summed E-state index contributed by atoms with van der Waals surface area (Å²) in [5.74, 6) is 0.227. The molecule has 0 aliphatic heterocycles. The summed E-state index contributed by atoms with van der Waals surface area (Å²) in [4.78, 5) is 24.6. The molecule has 2 rings (SSSR count).